The summed E-state index contributed by atoms with van der Waals surface area (Å²) in [7, 11) is 0. The van der Waals surface area contributed by atoms with Gasteiger partial charge in [-0.2, -0.15) is 0 Å². The van der Waals surface area contributed by atoms with Gasteiger partial charge in [-0.15, -0.1) is 0 Å². The molecule has 1 heterocycles. The molecule has 0 fully saturated rings. The van der Waals surface area contributed by atoms with Crippen LogP contribution in [0.15, 0.2) is 18.2 Å². The van der Waals surface area contributed by atoms with Gasteiger partial charge in [-0.25, -0.2) is 0 Å². The quantitative estimate of drug-likeness (QED) is 0.706. The van der Waals surface area contributed by atoms with Gasteiger partial charge in [0.2, 0.25) is 0 Å². The Morgan fingerprint density at radius 1 is 1.25 bits per heavy atom. The third-order valence-corrected chi connectivity index (χ3v) is 4.20. The third-order valence-electron chi connectivity index (χ3n) is 3.97. The second kappa shape index (κ2) is 7.90. The van der Waals surface area contributed by atoms with E-state index in [2.05, 4.69) is 19.2 Å². The van der Waals surface area contributed by atoms with Crippen LogP contribution in [0.3, 0.4) is 0 Å². The molecule has 3 heteroatoms. The monoisotopic (exact) mass is 295 g/mol. The number of rotatable bonds is 7. The maximum atomic E-state index is 6.15. The Balaban J connectivity index is 2.01. The lowest BCUT2D eigenvalue weighted by atomic mass is 9.93. The maximum absolute atomic E-state index is 6.15. The smallest absolute Gasteiger partial charge is 0.124 e. The van der Waals surface area contributed by atoms with Crippen molar-refractivity contribution in [1.82, 2.24) is 5.32 Å². The van der Waals surface area contributed by atoms with E-state index in [1.54, 1.807) is 0 Å². The summed E-state index contributed by atoms with van der Waals surface area (Å²) in [6, 6.07) is 6.35. The van der Waals surface area contributed by atoms with Crippen molar-refractivity contribution in [2.24, 2.45) is 0 Å². The molecule has 0 saturated carbocycles. The molecule has 1 aliphatic rings. The number of benzene rings is 1. The zero-order chi connectivity index (χ0) is 14.4. The van der Waals surface area contributed by atoms with E-state index >= 15 is 0 Å². The molecule has 1 N–H and O–H groups in total. The van der Waals surface area contributed by atoms with Gasteiger partial charge in [0, 0.05) is 23.0 Å². The summed E-state index contributed by atoms with van der Waals surface area (Å²) in [5.74, 6) is 1.01. The summed E-state index contributed by atoms with van der Waals surface area (Å²) < 4.78 is 6.15. The number of halogens is 1. The Morgan fingerprint density at radius 2 is 2.10 bits per heavy atom. The predicted octanol–water partition coefficient (Wildman–Crippen LogP) is 5.11. The zero-order valence-corrected chi connectivity index (χ0v) is 13.4. The fourth-order valence-corrected chi connectivity index (χ4v) is 3.11. The Morgan fingerprint density at radius 3 is 2.85 bits per heavy atom. The van der Waals surface area contributed by atoms with Crippen molar-refractivity contribution < 1.29 is 4.74 Å². The summed E-state index contributed by atoms with van der Waals surface area (Å²) >= 11 is 6.11. The summed E-state index contributed by atoms with van der Waals surface area (Å²) in [6.45, 7) is 5.37. The van der Waals surface area contributed by atoms with Crippen LogP contribution < -0.4 is 10.1 Å². The van der Waals surface area contributed by atoms with Crippen molar-refractivity contribution >= 4 is 11.6 Å². The number of nitrogens with one attached hydrogen (secondary N) is 1. The maximum Gasteiger partial charge on any atom is 0.124 e. The fourth-order valence-electron chi connectivity index (χ4n) is 2.93. The minimum Gasteiger partial charge on any atom is -0.490 e. The lowest BCUT2D eigenvalue weighted by molar-refractivity contribution is 0.138. The van der Waals surface area contributed by atoms with Gasteiger partial charge in [0.05, 0.1) is 0 Å². The van der Waals surface area contributed by atoms with Gasteiger partial charge in [0.15, 0.2) is 0 Å². The van der Waals surface area contributed by atoms with Crippen LogP contribution in [-0.4, -0.2) is 12.6 Å². The van der Waals surface area contributed by atoms with Crippen molar-refractivity contribution in [3.8, 4) is 5.75 Å². The lowest BCUT2D eigenvalue weighted by Crippen LogP contribution is -2.33. The first-order chi connectivity index (χ1) is 9.74. The molecule has 0 spiro atoms. The first kappa shape index (κ1) is 15.7. The van der Waals surface area contributed by atoms with E-state index in [0.29, 0.717) is 12.1 Å². The summed E-state index contributed by atoms with van der Waals surface area (Å²) in [4.78, 5) is 0. The average molecular weight is 296 g/mol. The van der Waals surface area contributed by atoms with E-state index in [4.69, 9.17) is 16.3 Å². The second-order valence-electron chi connectivity index (χ2n) is 5.62. The van der Waals surface area contributed by atoms with Crippen molar-refractivity contribution in [3.05, 3.63) is 28.8 Å². The summed E-state index contributed by atoms with van der Waals surface area (Å²) in [5.41, 5.74) is 1.21. The molecular weight excluding hydrogens is 270 g/mol. The largest absolute Gasteiger partial charge is 0.490 e. The van der Waals surface area contributed by atoms with Crippen molar-refractivity contribution in [1.29, 1.82) is 0 Å². The Labute approximate surface area is 127 Å². The molecule has 0 amide bonds. The molecule has 112 valence electrons. The van der Waals surface area contributed by atoms with Crippen LogP contribution in [0.25, 0.3) is 0 Å². The zero-order valence-electron chi connectivity index (χ0n) is 12.6. The molecule has 2 nitrogen and oxygen atoms in total. The van der Waals surface area contributed by atoms with Gasteiger partial charge >= 0.3 is 0 Å². The Kier molecular flexibility index (Phi) is 6.18. The van der Waals surface area contributed by atoms with E-state index in [1.807, 2.05) is 18.2 Å². The SMILES string of the molecule is CCCCCCC1CC(NCC)c2cc(Cl)ccc2O1. The molecule has 0 aliphatic carbocycles. The highest BCUT2D eigenvalue weighted by molar-refractivity contribution is 6.30. The topological polar surface area (TPSA) is 21.3 Å². The molecule has 2 atom stereocenters. The van der Waals surface area contributed by atoms with Crippen LogP contribution in [0.5, 0.6) is 5.75 Å². The lowest BCUT2D eigenvalue weighted by Gasteiger charge is -2.33. The number of fused-ring (bicyclic) bond motifs is 1. The molecule has 1 aromatic rings. The standard InChI is InChI=1S/C17H26ClNO/c1-3-5-6-7-8-14-12-16(19-4-2)15-11-13(18)9-10-17(15)20-14/h9-11,14,16,19H,3-8,12H2,1-2H3. The van der Waals surface area contributed by atoms with Crippen molar-refractivity contribution in [3.63, 3.8) is 0 Å². The molecule has 0 aromatic heterocycles. The van der Waals surface area contributed by atoms with Crippen molar-refractivity contribution in [2.45, 2.75) is 64.5 Å². The minimum absolute atomic E-state index is 0.338. The molecule has 2 rings (SSSR count). The van der Waals surface area contributed by atoms with Gasteiger partial charge in [-0.1, -0.05) is 44.7 Å². The van der Waals surface area contributed by atoms with Crippen LogP contribution in [0.2, 0.25) is 5.02 Å². The summed E-state index contributed by atoms with van der Waals surface area (Å²) in [6.07, 6.45) is 7.74. The Hall–Kier alpha value is -0.730. The summed E-state index contributed by atoms with van der Waals surface area (Å²) in [5, 5.41) is 4.35. The number of ether oxygens (including phenoxy) is 1. The molecule has 1 aromatic carbocycles. The highest BCUT2D eigenvalue weighted by Crippen LogP contribution is 2.37. The molecule has 0 saturated heterocycles. The second-order valence-corrected chi connectivity index (χ2v) is 6.05. The predicted molar refractivity (Wildman–Crippen MR) is 85.7 cm³/mol. The minimum atomic E-state index is 0.338. The highest BCUT2D eigenvalue weighted by Gasteiger charge is 2.27. The number of hydrogen-bond donors (Lipinski definition) is 1. The third kappa shape index (κ3) is 4.13. The van der Waals surface area contributed by atoms with Crippen LogP contribution in [0.4, 0.5) is 0 Å². The van der Waals surface area contributed by atoms with Crippen LogP contribution >= 0.6 is 11.6 Å². The average Bonchev–Trinajstić information content (AvgIpc) is 2.44. The van der Waals surface area contributed by atoms with E-state index in [9.17, 15) is 0 Å². The van der Waals surface area contributed by atoms with Crippen LogP contribution in [0.1, 0.15) is 64.0 Å². The van der Waals surface area contributed by atoms with E-state index in [0.717, 1.165) is 30.2 Å². The Bertz CT molecular complexity index is 421. The van der Waals surface area contributed by atoms with Gasteiger partial charge in [-0.3, -0.25) is 0 Å². The van der Waals surface area contributed by atoms with Gasteiger partial charge in [0.25, 0.3) is 0 Å². The van der Waals surface area contributed by atoms with Gasteiger partial charge in [0.1, 0.15) is 11.9 Å². The molecular formula is C17H26ClNO. The normalized spacial score (nSPS) is 21.4. The van der Waals surface area contributed by atoms with E-state index < -0.39 is 0 Å². The fraction of sp³-hybridized carbons (Fsp3) is 0.647. The molecule has 0 radical (unpaired) electrons. The molecule has 2 unspecified atom stereocenters. The van der Waals surface area contributed by atoms with E-state index in [1.165, 1.54) is 31.2 Å². The van der Waals surface area contributed by atoms with Gasteiger partial charge in [-0.05, 0) is 37.6 Å². The molecule has 1 aliphatic heterocycles. The van der Waals surface area contributed by atoms with Crippen molar-refractivity contribution in [2.75, 3.05) is 6.54 Å². The molecule has 0 bridgehead atoms. The van der Waals surface area contributed by atoms with E-state index in [-0.39, 0.29) is 0 Å². The highest BCUT2D eigenvalue weighted by atomic mass is 35.5. The number of hydrogen-bond acceptors (Lipinski definition) is 2. The number of unbranched alkanes of at least 4 members (excludes halogenated alkanes) is 3. The first-order valence-electron chi connectivity index (χ1n) is 7.94. The van der Waals surface area contributed by atoms with Crippen LogP contribution in [-0.2, 0) is 0 Å². The molecule has 20 heavy (non-hydrogen) atoms. The first-order valence-corrected chi connectivity index (χ1v) is 8.31. The van der Waals surface area contributed by atoms with Crippen LogP contribution in [0, 0.1) is 0 Å². The van der Waals surface area contributed by atoms with Gasteiger partial charge < -0.3 is 10.1 Å².